The Labute approximate surface area is 166 Å². The van der Waals surface area contributed by atoms with E-state index in [-0.39, 0.29) is 5.91 Å². The van der Waals surface area contributed by atoms with Gasteiger partial charge in [-0.05, 0) is 42.3 Å². The van der Waals surface area contributed by atoms with Crippen LogP contribution >= 0.6 is 34.5 Å². The van der Waals surface area contributed by atoms with E-state index in [2.05, 4.69) is 35.4 Å². The summed E-state index contributed by atoms with van der Waals surface area (Å²) in [6, 6.07) is 13.4. The van der Waals surface area contributed by atoms with Crippen LogP contribution in [-0.4, -0.2) is 10.9 Å². The fraction of sp³-hybridized carbons (Fsp3) is 0.100. The molecule has 0 saturated carbocycles. The summed E-state index contributed by atoms with van der Waals surface area (Å²) < 4.78 is 0. The zero-order chi connectivity index (χ0) is 18.5. The number of hydrogen-bond acceptors (Lipinski definition) is 3. The van der Waals surface area contributed by atoms with Gasteiger partial charge in [-0.15, -0.1) is 11.3 Å². The molecule has 3 rings (SSSR count). The van der Waals surface area contributed by atoms with Crippen molar-refractivity contribution >= 4 is 51.7 Å². The number of anilines is 1. The number of benzene rings is 2. The average Bonchev–Trinajstić information content (AvgIpc) is 3.02. The van der Waals surface area contributed by atoms with E-state index in [0.29, 0.717) is 20.7 Å². The van der Waals surface area contributed by atoms with E-state index >= 15 is 0 Å². The Kier molecular flexibility index (Phi) is 6.09. The van der Waals surface area contributed by atoms with E-state index in [4.69, 9.17) is 23.2 Å². The minimum absolute atomic E-state index is 0.266. The molecule has 3 aromatic rings. The molecule has 6 heteroatoms. The zero-order valence-corrected chi connectivity index (χ0v) is 16.3. The van der Waals surface area contributed by atoms with E-state index in [1.807, 2.05) is 6.07 Å². The monoisotopic (exact) mass is 402 g/mol. The number of nitrogens with zero attached hydrogens (tertiary/aromatic N) is 1. The number of carbonyl (C=O) groups excluding carboxylic acids is 1. The summed E-state index contributed by atoms with van der Waals surface area (Å²) in [6.45, 7) is 2.07. The first-order valence-electron chi connectivity index (χ1n) is 7.94. The molecule has 0 unspecified atom stereocenters. The minimum atomic E-state index is -0.266. The molecule has 0 aliphatic heterocycles. The van der Waals surface area contributed by atoms with Crippen LogP contribution in [0.25, 0.3) is 6.08 Å². The van der Waals surface area contributed by atoms with Gasteiger partial charge >= 0.3 is 0 Å². The molecule has 132 valence electrons. The predicted octanol–water partition coefficient (Wildman–Crippen LogP) is 6.00. The van der Waals surface area contributed by atoms with Crippen molar-refractivity contribution in [3.05, 3.63) is 86.4 Å². The third-order valence-corrected chi connectivity index (χ3v) is 5.11. The Morgan fingerprint density at radius 2 is 2.08 bits per heavy atom. The number of thiazole rings is 1. The second kappa shape index (κ2) is 8.49. The van der Waals surface area contributed by atoms with Crippen molar-refractivity contribution in [2.24, 2.45) is 0 Å². The van der Waals surface area contributed by atoms with Gasteiger partial charge in [-0.1, -0.05) is 53.0 Å². The summed E-state index contributed by atoms with van der Waals surface area (Å²) in [6.07, 6.45) is 5.63. The van der Waals surface area contributed by atoms with Gasteiger partial charge < -0.3 is 0 Å². The highest BCUT2D eigenvalue weighted by molar-refractivity contribution is 7.15. The first-order chi connectivity index (χ1) is 12.5. The second-order valence-electron chi connectivity index (χ2n) is 5.79. The number of rotatable bonds is 5. The molecule has 26 heavy (non-hydrogen) atoms. The lowest BCUT2D eigenvalue weighted by molar-refractivity contribution is -0.111. The number of hydrogen-bond donors (Lipinski definition) is 1. The Hall–Kier alpha value is -2.14. The summed E-state index contributed by atoms with van der Waals surface area (Å²) in [7, 11) is 0. The van der Waals surface area contributed by atoms with E-state index in [1.165, 1.54) is 28.5 Å². The number of nitrogens with one attached hydrogen (secondary N) is 1. The first-order valence-corrected chi connectivity index (χ1v) is 9.51. The molecule has 1 heterocycles. The van der Waals surface area contributed by atoms with Crippen molar-refractivity contribution in [1.29, 1.82) is 0 Å². The summed E-state index contributed by atoms with van der Waals surface area (Å²) in [5, 5.41) is 4.44. The number of aryl methyl sites for hydroxylation is 1. The molecule has 1 aromatic heterocycles. The predicted molar refractivity (Wildman–Crippen MR) is 110 cm³/mol. The SMILES string of the molecule is Cc1cccc(Cc2cnc(NC(=O)C=Cc3cc(Cl)ccc3Cl)s2)c1. The standard InChI is InChI=1S/C20H16Cl2N2OS/c1-13-3-2-4-14(9-13)10-17-12-23-20(26-17)24-19(25)8-5-15-11-16(21)6-7-18(15)22/h2-9,11-12H,10H2,1H3,(H,23,24,25). The van der Waals surface area contributed by atoms with Crippen molar-refractivity contribution in [3.8, 4) is 0 Å². The number of carbonyl (C=O) groups is 1. The molecule has 0 aliphatic rings. The molecule has 0 spiro atoms. The van der Waals surface area contributed by atoms with Gasteiger partial charge in [0.25, 0.3) is 0 Å². The molecule has 2 aromatic carbocycles. The average molecular weight is 403 g/mol. The van der Waals surface area contributed by atoms with Crippen molar-refractivity contribution in [2.75, 3.05) is 5.32 Å². The van der Waals surface area contributed by atoms with Gasteiger partial charge in [-0.3, -0.25) is 10.1 Å². The summed E-state index contributed by atoms with van der Waals surface area (Å²) in [4.78, 5) is 17.4. The number of amides is 1. The molecule has 0 bridgehead atoms. The highest BCUT2D eigenvalue weighted by Crippen LogP contribution is 2.23. The second-order valence-corrected chi connectivity index (χ2v) is 7.74. The maximum Gasteiger partial charge on any atom is 0.250 e. The molecule has 0 saturated heterocycles. The van der Waals surface area contributed by atoms with Crippen molar-refractivity contribution in [1.82, 2.24) is 4.98 Å². The number of aromatic nitrogens is 1. The molecule has 0 fully saturated rings. The molecular formula is C20H16Cl2N2OS. The maximum atomic E-state index is 12.1. The summed E-state index contributed by atoms with van der Waals surface area (Å²) >= 11 is 13.5. The highest BCUT2D eigenvalue weighted by atomic mass is 35.5. The van der Waals surface area contributed by atoms with Crippen LogP contribution in [-0.2, 0) is 11.2 Å². The molecule has 1 N–H and O–H groups in total. The van der Waals surface area contributed by atoms with Crippen LogP contribution in [0.2, 0.25) is 10.0 Å². The maximum absolute atomic E-state index is 12.1. The van der Waals surface area contributed by atoms with Crippen LogP contribution in [0.5, 0.6) is 0 Å². The summed E-state index contributed by atoms with van der Waals surface area (Å²) in [5.74, 6) is -0.266. The molecular weight excluding hydrogens is 387 g/mol. The Bertz CT molecular complexity index is 966. The van der Waals surface area contributed by atoms with Gasteiger partial charge in [0.1, 0.15) is 0 Å². The van der Waals surface area contributed by atoms with Crippen molar-refractivity contribution in [3.63, 3.8) is 0 Å². The fourth-order valence-corrected chi connectivity index (χ4v) is 3.64. The molecule has 0 aliphatic carbocycles. The Morgan fingerprint density at radius 3 is 2.88 bits per heavy atom. The topological polar surface area (TPSA) is 42.0 Å². The van der Waals surface area contributed by atoms with Crippen LogP contribution in [0, 0.1) is 6.92 Å². The third kappa shape index (κ3) is 5.18. The first kappa shape index (κ1) is 18.6. The highest BCUT2D eigenvalue weighted by Gasteiger charge is 2.06. The minimum Gasteiger partial charge on any atom is -0.298 e. The van der Waals surface area contributed by atoms with Crippen molar-refractivity contribution < 1.29 is 4.79 Å². The lowest BCUT2D eigenvalue weighted by Gasteiger charge is -2.00. The Balaban J connectivity index is 1.62. The van der Waals surface area contributed by atoms with E-state index in [0.717, 1.165) is 11.3 Å². The van der Waals surface area contributed by atoms with E-state index in [1.54, 1.807) is 30.5 Å². The molecule has 0 radical (unpaired) electrons. The lowest BCUT2D eigenvalue weighted by Crippen LogP contribution is -2.07. The van der Waals surface area contributed by atoms with Crippen LogP contribution in [0.3, 0.4) is 0 Å². The fourth-order valence-electron chi connectivity index (χ4n) is 2.43. The van der Waals surface area contributed by atoms with Gasteiger partial charge in [-0.2, -0.15) is 0 Å². The van der Waals surface area contributed by atoms with Gasteiger partial charge in [0.2, 0.25) is 5.91 Å². The van der Waals surface area contributed by atoms with Crippen LogP contribution in [0.1, 0.15) is 21.6 Å². The summed E-state index contributed by atoms with van der Waals surface area (Å²) in [5.41, 5.74) is 3.14. The number of halogens is 2. The van der Waals surface area contributed by atoms with Crippen LogP contribution in [0.15, 0.2) is 54.7 Å². The third-order valence-electron chi connectivity index (χ3n) is 3.62. The van der Waals surface area contributed by atoms with Gasteiger partial charge in [0.15, 0.2) is 5.13 Å². The van der Waals surface area contributed by atoms with Crippen LogP contribution in [0.4, 0.5) is 5.13 Å². The van der Waals surface area contributed by atoms with Gasteiger partial charge in [0.05, 0.1) is 0 Å². The van der Waals surface area contributed by atoms with Crippen LogP contribution < -0.4 is 5.32 Å². The zero-order valence-electron chi connectivity index (χ0n) is 14.0. The molecule has 0 atom stereocenters. The molecule has 1 amide bonds. The lowest BCUT2D eigenvalue weighted by atomic mass is 10.1. The van der Waals surface area contributed by atoms with Gasteiger partial charge in [-0.25, -0.2) is 4.98 Å². The quantitative estimate of drug-likeness (QED) is 0.531. The van der Waals surface area contributed by atoms with Crippen molar-refractivity contribution in [2.45, 2.75) is 13.3 Å². The van der Waals surface area contributed by atoms with E-state index in [9.17, 15) is 4.79 Å². The molecule has 3 nitrogen and oxygen atoms in total. The largest absolute Gasteiger partial charge is 0.298 e. The smallest absolute Gasteiger partial charge is 0.250 e. The van der Waals surface area contributed by atoms with E-state index < -0.39 is 0 Å². The Morgan fingerprint density at radius 1 is 1.23 bits per heavy atom. The van der Waals surface area contributed by atoms with Gasteiger partial charge in [0, 0.05) is 33.6 Å². The normalized spacial score (nSPS) is 11.0.